The van der Waals surface area contributed by atoms with Crippen LogP contribution in [0.25, 0.3) is 0 Å². The van der Waals surface area contributed by atoms with Crippen molar-refractivity contribution in [2.75, 3.05) is 14.2 Å². The molecule has 0 radical (unpaired) electrons. The summed E-state index contributed by atoms with van der Waals surface area (Å²) >= 11 is 0. The molecule has 0 aliphatic carbocycles. The van der Waals surface area contributed by atoms with Gasteiger partial charge in [0.1, 0.15) is 12.2 Å². The second-order valence-electron chi connectivity index (χ2n) is 5.63. The summed E-state index contributed by atoms with van der Waals surface area (Å²) in [6.45, 7) is 1.63. The van der Waals surface area contributed by atoms with E-state index in [9.17, 15) is 13.9 Å². The minimum Gasteiger partial charge on any atom is -0.493 e. The molecule has 2 aromatic carbocycles. The second kappa shape index (κ2) is 6.87. The van der Waals surface area contributed by atoms with Gasteiger partial charge in [-0.25, -0.2) is 0 Å². The van der Waals surface area contributed by atoms with Crippen LogP contribution in [0.5, 0.6) is 28.7 Å². The molecular weight excluding hydrogens is 350 g/mol. The molecule has 1 N–H and O–H groups in total. The molecule has 0 fully saturated rings. The first-order valence-corrected chi connectivity index (χ1v) is 7.80. The number of rotatable bonds is 6. The third-order valence-corrected chi connectivity index (χ3v) is 3.90. The van der Waals surface area contributed by atoms with E-state index in [2.05, 4.69) is 9.47 Å². The number of benzene rings is 2. The molecule has 0 saturated heterocycles. The third kappa shape index (κ3) is 3.45. The Labute approximate surface area is 148 Å². The van der Waals surface area contributed by atoms with Crippen LogP contribution in [0.3, 0.4) is 0 Å². The Kier molecular flexibility index (Phi) is 4.78. The topological polar surface area (TPSA) is 66.4 Å². The van der Waals surface area contributed by atoms with E-state index < -0.39 is 18.5 Å². The first kappa shape index (κ1) is 18.1. The van der Waals surface area contributed by atoms with Crippen LogP contribution >= 0.6 is 0 Å². The lowest BCUT2D eigenvalue weighted by Gasteiger charge is -2.23. The van der Waals surface area contributed by atoms with E-state index in [0.29, 0.717) is 22.8 Å². The minimum absolute atomic E-state index is 0.0917. The fourth-order valence-corrected chi connectivity index (χ4v) is 2.60. The summed E-state index contributed by atoms with van der Waals surface area (Å²) in [6, 6.07) is 9.20. The van der Waals surface area contributed by atoms with Gasteiger partial charge in [-0.1, -0.05) is 12.1 Å². The number of methoxy groups -OCH3 is 2. The number of halogens is 2. The molecule has 1 unspecified atom stereocenters. The Bertz CT molecular complexity index is 773. The predicted molar refractivity (Wildman–Crippen MR) is 87.2 cm³/mol. The fourth-order valence-electron chi connectivity index (χ4n) is 2.60. The van der Waals surface area contributed by atoms with Crippen molar-refractivity contribution in [2.24, 2.45) is 0 Å². The van der Waals surface area contributed by atoms with Crippen molar-refractivity contribution >= 4 is 0 Å². The maximum absolute atomic E-state index is 13.1. The van der Waals surface area contributed by atoms with Crippen LogP contribution < -0.4 is 23.7 Å². The summed E-state index contributed by atoms with van der Waals surface area (Å²) in [4.78, 5) is 0. The highest BCUT2D eigenvalue weighted by Crippen LogP contribution is 2.43. The van der Waals surface area contributed by atoms with Crippen LogP contribution in [0, 0.1) is 0 Å². The zero-order valence-electron chi connectivity index (χ0n) is 14.4. The Morgan fingerprint density at radius 3 is 2.23 bits per heavy atom. The normalized spacial score (nSPS) is 16.7. The smallest absolute Gasteiger partial charge is 0.493 e. The SMILES string of the molecule is COc1cccc(OC)c1OC(C)[C@@H](O)c1ccc2c(c1)OC(F)(F)O2. The molecule has 140 valence electrons. The van der Waals surface area contributed by atoms with Gasteiger partial charge in [-0.2, -0.15) is 0 Å². The Balaban J connectivity index is 1.81. The lowest BCUT2D eigenvalue weighted by atomic mass is 10.0. The van der Waals surface area contributed by atoms with Gasteiger partial charge in [-0.3, -0.25) is 0 Å². The van der Waals surface area contributed by atoms with Crippen LogP contribution in [0.1, 0.15) is 18.6 Å². The van der Waals surface area contributed by atoms with Crippen molar-refractivity contribution in [1.82, 2.24) is 0 Å². The predicted octanol–water partition coefficient (Wildman–Crippen LogP) is 3.53. The van der Waals surface area contributed by atoms with Crippen molar-refractivity contribution in [1.29, 1.82) is 0 Å². The van der Waals surface area contributed by atoms with E-state index in [0.717, 1.165) is 0 Å². The van der Waals surface area contributed by atoms with Gasteiger partial charge in [0.15, 0.2) is 23.0 Å². The molecule has 2 aromatic rings. The fraction of sp³-hybridized carbons (Fsp3) is 0.333. The second-order valence-corrected chi connectivity index (χ2v) is 5.63. The lowest BCUT2D eigenvalue weighted by molar-refractivity contribution is -0.286. The van der Waals surface area contributed by atoms with Gasteiger partial charge in [0.25, 0.3) is 0 Å². The average Bonchev–Trinajstić information content (AvgIpc) is 2.93. The van der Waals surface area contributed by atoms with Crippen molar-refractivity contribution in [3.8, 4) is 28.7 Å². The van der Waals surface area contributed by atoms with Crippen LogP contribution in [0.2, 0.25) is 0 Å². The summed E-state index contributed by atoms with van der Waals surface area (Å²) in [5.74, 6) is 0.971. The van der Waals surface area contributed by atoms with Gasteiger partial charge in [-0.05, 0) is 36.8 Å². The Morgan fingerprint density at radius 2 is 1.62 bits per heavy atom. The number of para-hydroxylation sites is 1. The molecule has 3 rings (SSSR count). The summed E-state index contributed by atoms with van der Waals surface area (Å²) < 4.78 is 51.3. The quantitative estimate of drug-likeness (QED) is 0.842. The number of fused-ring (bicyclic) bond motifs is 1. The Morgan fingerprint density at radius 1 is 1.00 bits per heavy atom. The number of aliphatic hydroxyl groups excluding tert-OH is 1. The van der Waals surface area contributed by atoms with Crippen molar-refractivity contribution in [2.45, 2.75) is 25.4 Å². The molecule has 8 heteroatoms. The number of aliphatic hydroxyl groups is 1. The molecule has 1 aliphatic heterocycles. The van der Waals surface area contributed by atoms with E-state index in [1.807, 2.05) is 0 Å². The zero-order chi connectivity index (χ0) is 18.9. The number of ether oxygens (including phenoxy) is 5. The molecule has 0 bridgehead atoms. The van der Waals surface area contributed by atoms with Gasteiger partial charge in [0, 0.05) is 0 Å². The van der Waals surface area contributed by atoms with E-state index in [1.54, 1.807) is 25.1 Å². The summed E-state index contributed by atoms with van der Waals surface area (Å²) in [5, 5.41) is 10.5. The van der Waals surface area contributed by atoms with E-state index in [-0.39, 0.29) is 11.5 Å². The molecular formula is C18H18F2O6. The molecule has 1 aliphatic rings. The summed E-state index contributed by atoms with van der Waals surface area (Å²) in [6.07, 6.45) is -5.56. The standard InChI is InChI=1S/C18H18F2O6/c1-10(24-17-13(22-2)5-4-6-14(17)23-3)16(21)11-7-8-12-15(9-11)26-18(19,20)25-12/h4-10,16,21H,1-3H3/t10?,16-/m1/s1. The van der Waals surface area contributed by atoms with Gasteiger partial charge >= 0.3 is 6.29 Å². The lowest BCUT2D eigenvalue weighted by Crippen LogP contribution is -2.26. The Hall–Kier alpha value is -2.74. The molecule has 1 heterocycles. The van der Waals surface area contributed by atoms with E-state index in [4.69, 9.17) is 14.2 Å². The summed E-state index contributed by atoms with van der Waals surface area (Å²) in [5.41, 5.74) is 0.339. The minimum atomic E-state index is -3.71. The van der Waals surface area contributed by atoms with Gasteiger partial charge in [-0.15, -0.1) is 8.78 Å². The van der Waals surface area contributed by atoms with E-state index >= 15 is 0 Å². The molecule has 0 saturated carbocycles. The highest BCUT2D eigenvalue weighted by Gasteiger charge is 2.43. The molecule has 0 spiro atoms. The van der Waals surface area contributed by atoms with Gasteiger partial charge < -0.3 is 28.8 Å². The number of alkyl halides is 2. The van der Waals surface area contributed by atoms with Gasteiger partial charge in [0.2, 0.25) is 5.75 Å². The van der Waals surface area contributed by atoms with Crippen LogP contribution in [0.4, 0.5) is 8.78 Å². The van der Waals surface area contributed by atoms with Crippen LogP contribution in [-0.2, 0) is 0 Å². The van der Waals surface area contributed by atoms with Crippen LogP contribution in [0.15, 0.2) is 36.4 Å². The van der Waals surface area contributed by atoms with Crippen molar-refractivity contribution in [3.63, 3.8) is 0 Å². The number of hydrogen-bond acceptors (Lipinski definition) is 6. The highest BCUT2D eigenvalue weighted by molar-refractivity contribution is 5.51. The molecule has 6 nitrogen and oxygen atoms in total. The van der Waals surface area contributed by atoms with Crippen LogP contribution in [-0.4, -0.2) is 31.7 Å². The van der Waals surface area contributed by atoms with Gasteiger partial charge in [0.05, 0.1) is 14.2 Å². The maximum Gasteiger partial charge on any atom is 0.586 e. The molecule has 2 atom stereocenters. The summed E-state index contributed by atoms with van der Waals surface area (Å²) in [7, 11) is 2.97. The largest absolute Gasteiger partial charge is 0.586 e. The van der Waals surface area contributed by atoms with Crippen molar-refractivity contribution < 1.29 is 37.6 Å². The maximum atomic E-state index is 13.1. The first-order chi connectivity index (χ1) is 12.3. The zero-order valence-corrected chi connectivity index (χ0v) is 14.4. The van der Waals surface area contributed by atoms with E-state index in [1.165, 1.54) is 32.4 Å². The first-order valence-electron chi connectivity index (χ1n) is 7.80. The highest BCUT2D eigenvalue weighted by atomic mass is 19.3. The average molecular weight is 368 g/mol. The number of hydrogen-bond donors (Lipinski definition) is 1. The van der Waals surface area contributed by atoms with Crippen molar-refractivity contribution in [3.05, 3.63) is 42.0 Å². The monoisotopic (exact) mass is 368 g/mol. The molecule has 0 amide bonds. The molecule has 0 aromatic heterocycles. The molecule has 26 heavy (non-hydrogen) atoms. The third-order valence-electron chi connectivity index (χ3n) is 3.90.